The molecule has 4 heterocycles. The van der Waals surface area contributed by atoms with Crippen LogP contribution < -0.4 is 0 Å². The van der Waals surface area contributed by atoms with Crippen molar-refractivity contribution in [2.75, 3.05) is 32.8 Å². The van der Waals surface area contributed by atoms with Crippen molar-refractivity contribution in [1.82, 2.24) is 19.6 Å². The van der Waals surface area contributed by atoms with Crippen LogP contribution in [0.25, 0.3) is 0 Å². The van der Waals surface area contributed by atoms with E-state index in [-0.39, 0.29) is 18.6 Å². The fraction of sp³-hybridized carbons (Fsp3) is 0.556. The molecule has 25 heavy (non-hydrogen) atoms. The molecule has 0 spiro atoms. The zero-order valence-corrected chi connectivity index (χ0v) is 15.2. The molecule has 6 nitrogen and oxygen atoms in total. The van der Waals surface area contributed by atoms with Crippen molar-refractivity contribution in [3.63, 3.8) is 0 Å². The summed E-state index contributed by atoms with van der Waals surface area (Å²) >= 11 is 1.79. The second-order valence-corrected chi connectivity index (χ2v) is 7.81. The van der Waals surface area contributed by atoms with Crippen LogP contribution in [0.2, 0.25) is 0 Å². The summed E-state index contributed by atoms with van der Waals surface area (Å²) in [6.07, 6.45) is 4.08. The maximum atomic E-state index is 12.1. The van der Waals surface area contributed by atoms with E-state index in [0.717, 1.165) is 45.6 Å². The summed E-state index contributed by atoms with van der Waals surface area (Å²) in [5, 5.41) is 6.58. The van der Waals surface area contributed by atoms with Crippen LogP contribution in [0.1, 0.15) is 29.5 Å². The van der Waals surface area contributed by atoms with Crippen molar-refractivity contribution in [1.29, 1.82) is 0 Å². The van der Waals surface area contributed by atoms with Gasteiger partial charge in [-0.15, -0.1) is 11.3 Å². The smallest absolute Gasteiger partial charge is 0.248 e. The number of hydrogen-bond acceptors (Lipinski definition) is 5. The van der Waals surface area contributed by atoms with E-state index in [1.807, 2.05) is 11.1 Å². The van der Waals surface area contributed by atoms with Crippen LogP contribution in [0.15, 0.2) is 29.8 Å². The first-order valence-corrected chi connectivity index (χ1v) is 9.80. The fourth-order valence-corrected chi connectivity index (χ4v) is 4.42. The monoisotopic (exact) mass is 360 g/mol. The van der Waals surface area contributed by atoms with Crippen LogP contribution in [-0.4, -0.2) is 58.3 Å². The highest BCUT2D eigenvalue weighted by Gasteiger charge is 2.26. The van der Waals surface area contributed by atoms with Gasteiger partial charge < -0.3 is 9.64 Å². The molecule has 2 aliphatic rings. The Morgan fingerprint density at radius 1 is 1.32 bits per heavy atom. The van der Waals surface area contributed by atoms with E-state index >= 15 is 0 Å². The van der Waals surface area contributed by atoms with Gasteiger partial charge in [0.25, 0.3) is 0 Å². The maximum Gasteiger partial charge on any atom is 0.248 e. The van der Waals surface area contributed by atoms with Crippen LogP contribution >= 0.6 is 11.3 Å². The van der Waals surface area contributed by atoms with Crippen molar-refractivity contribution in [2.24, 2.45) is 0 Å². The van der Waals surface area contributed by atoms with Gasteiger partial charge in [0.1, 0.15) is 6.61 Å². The number of carbonyl (C=O) groups is 1. The van der Waals surface area contributed by atoms with Gasteiger partial charge in [-0.25, -0.2) is 0 Å². The largest absolute Gasteiger partial charge is 0.369 e. The lowest BCUT2D eigenvalue weighted by Gasteiger charge is -2.33. The van der Waals surface area contributed by atoms with Gasteiger partial charge in [0.15, 0.2) is 0 Å². The Bertz CT molecular complexity index is 694. The number of carbonyl (C=O) groups excluding carboxylic acids is 1. The first-order valence-electron chi connectivity index (χ1n) is 8.92. The van der Waals surface area contributed by atoms with Crippen LogP contribution in [-0.2, 0) is 22.6 Å². The van der Waals surface area contributed by atoms with E-state index in [9.17, 15) is 4.79 Å². The number of fused-ring (bicyclic) bond motifs is 1. The molecular weight excluding hydrogens is 336 g/mol. The third-order valence-corrected chi connectivity index (χ3v) is 5.77. The summed E-state index contributed by atoms with van der Waals surface area (Å²) in [5.74, 6) is 0.115. The molecule has 0 aromatic carbocycles. The highest BCUT2D eigenvalue weighted by atomic mass is 32.1. The molecule has 0 bridgehead atoms. The van der Waals surface area contributed by atoms with Gasteiger partial charge >= 0.3 is 0 Å². The standard InChI is InChI=1S/C18H24N4O2S/c23-18(21-7-1-2-8-21)14-24-13-16-11-20(12-17-4-3-9-25-17)10-15-5-6-19-22(15)16/h3-6,9,16H,1-2,7-8,10-14H2. The number of ether oxygens (including phenoxy) is 1. The molecule has 0 aliphatic carbocycles. The maximum absolute atomic E-state index is 12.1. The average Bonchev–Trinajstić information content (AvgIpc) is 3.36. The van der Waals surface area contributed by atoms with Gasteiger partial charge in [-0.1, -0.05) is 6.07 Å². The van der Waals surface area contributed by atoms with Crippen molar-refractivity contribution in [2.45, 2.75) is 32.0 Å². The molecule has 1 unspecified atom stereocenters. The van der Waals surface area contributed by atoms with Gasteiger partial charge in [0.2, 0.25) is 5.91 Å². The highest BCUT2D eigenvalue weighted by molar-refractivity contribution is 7.09. The molecule has 0 saturated carbocycles. The molecule has 2 aliphatic heterocycles. The predicted octanol–water partition coefficient (Wildman–Crippen LogP) is 2.14. The number of hydrogen-bond donors (Lipinski definition) is 0. The lowest BCUT2D eigenvalue weighted by atomic mass is 10.2. The Labute approximate surface area is 152 Å². The Balaban J connectivity index is 1.34. The molecule has 0 N–H and O–H groups in total. The molecule has 7 heteroatoms. The number of thiophene rings is 1. The molecule has 1 fully saturated rings. The van der Waals surface area contributed by atoms with Crippen LogP contribution in [0.5, 0.6) is 0 Å². The van der Waals surface area contributed by atoms with Crippen molar-refractivity contribution >= 4 is 17.2 Å². The predicted molar refractivity (Wildman–Crippen MR) is 96.3 cm³/mol. The zero-order valence-electron chi connectivity index (χ0n) is 14.3. The van der Waals surface area contributed by atoms with Crippen LogP contribution in [0.3, 0.4) is 0 Å². The summed E-state index contributed by atoms with van der Waals surface area (Å²) in [4.78, 5) is 17.8. The first kappa shape index (κ1) is 16.8. The van der Waals surface area contributed by atoms with Crippen molar-refractivity contribution in [3.05, 3.63) is 40.3 Å². The van der Waals surface area contributed by atoms with Gasteiger partial charge in [-0.3, -0.25) is 14.4 Å². The summed E-state index contributed by atoms with van der Waals surface area (Å²) in [6.45, 7) is 5.21. The van der Waals surface area contributed by atoms with Crippen LogP contribution in [0.4, 0.5) is 0 Å². The number of likely N-dealkylation sites (tertiary alicyclic amines) is 1. The second-order valence-electron chi connectivity index (χ2n) is 6.77. The number of amides is 1. The molecule has 0 radical (unpaired) electrons. The highest BCUT2D eigenvalue weighted by Crippen LogP contribution is 2.23. The normalized spacial score (nSPS) is 20.8. The molecule has 2 aromatic rings. The molecule has 1 saturated heterocycles. The number of nitrogens with zero attached hydrogens (tertiary/aromatic N) is 4. The lowest BCUT2D eigenvalue weighted by Crippen LogP contribution is -2.39. The molecule has 4 rings (SSSR count). The molecule has 2 aromatic heterocycles. The molecule has 134 valence electrons. The SMILES string of the molecule is O=C(COCC1CN(Cc2cccs2)Cc2ccnn21)N1CCCC1. The Morgan fingerprint density at radius 3 is 3.00 bits per heavy atom. The summed E-state index contributed by atoms with van der Waals surface area (Å²) in [7, 11) is 0. The molecular formula is C18H24N4O2S. The Morgan fingerprint density at radius 2 is 2.20 bits per heavy atom. The number of aromatic nitrogens is 2. The minimum atomic E-state index is 0.115. The Hall–Kier alpha value is -1.70. The quantitative estimate of drug-likeness (QED) is 0.792. The van der Waals surface area contributed by atoms with E-state index in [4.69, 9.17) is 4.74 Å². The Kier molecular flexibility index (Phi) is 5.14. The fourth-order valence-electron chi connectivity index (χ4n) is 3.67. The first-order chi connectivity index (χ1) is 12.3. The average molecular weight is 360 g/mol. The number of rotatable bonds is 6. The van der Waals surface area contributed by atoms with E-state index in [2.05, 4.69) is 38.3 Å². The van der Waals surface area contributed by atoms with Crippen molar-refractivity contribution < 1.29 is 9.53 Å². The van der Waals surface area contributed by atoms with Gasteiger partial charge in [0, 0.05) is 43.8 Å². The van der Waals surface area contributed by atoms with E-state index in [1.165, 1.54) is 10.6 Å². The van der Waals surface area contributed by atoms with Gasteiger partial charge in [-0.05, 0) is 30.4 Å². The topological polar surface area (TPSA) is 50.6 Å². The summed E-state index contributed by atoms with van der Waals surface area (Å²) in [6, 6.07) is 6.50. The third-order valence-electron chi connectivity index (χ3n) is 4.91. The molecule has 1 amide bonds. The summed E-state index contributed by atoms with van der Waals surface area (Å²) < 4.78 is 7.84. The van der Waals surface area contributed by atoms with E-state index in [1.54, 1.807) is 11.3 Å². The second kappa shape index (κ2) is 7.68. The minimum absolute atomic E-state index is 0.115. The van der Waals surface area contributed by atoms with E-state index in [0.29, 0.717) is 6.61 Å². The van der Waals surface area contributed by atoms with E-state index < -0.39 is 0 Å². The third kappa shape index (κ3) is 3.94. The molecule has 1 atom stereocenters. The minimum Gasteiger partial charge on any atom is -0.369 e. The van der Waals surface area contributed by atoms with Gasteiger partial charge in [0.05, 0.1) is 18.3 Å². The lowest BCUT2D eigenvalue weighted by molar-refractivity contribution is -0.135. The zero-order chi connectivity index (χ0) is 17.1. The van der Waals surface area contributed by atoms with Crippen molar-refractivity contribution in [3.8, 4) is 0 Å². The van der Waals surface area contributed by atoms with Crippen LogP contribution in [0, 0.1) is 0 Å². The summed E-state index contributed by atoms with van der Waals surface area (Å²) in [5.41, 5.74) is 1.21. The van der Waals surface area contributed by atoms with Gasteiger partial charge in [-0.2, -0.15) is 5.10 Å².